The van der Waals surface area contributed by atoms with Crippen molar-refractivity contribution in [1.82, 2.24) is 0 Å². The lowest BCUT2D eigenvalue weighted by Gasteiger charge is -2.32. The standard InChI is InChI=1S/C14H20N2OS/c1-10(2)11-4-3-5-12-14(11)16(8-9-18-12)13(17)6-7-15/h3-5,10H,6-9,15H2,1-2H3. The van der Waals surface area contributed by atoms with Gasteiger partial charge in [0.1, 0.15) is 0 Å². The average Bonchev–Trinajstić information content (AvgIpc) is 2.37. The van der Waals surface area contributed by atoms with Gasteiger partial charge in [-0.05, 0) is 17.5 Å². The number of hydrogen-bond donors (Lipinski definition) is 1. The minimum Gasteiger partial charge on any atom is -0.330 e. The molecule has 0 saturated carbocycles. The summed E-state index contributed by atoms with van der Waals surface area (Å²) in [6.45, 7) is 5.54. The van der Waals surface area contributed by atoms with Crippen LogP contribution in [0.3, 0.4) is 0 Å². The summed E-state index contributed by atoms with van der Waals surface area (Å²) >= 11 is 1.83. The predicted molar refractivity (Wildman–Crippen MR) is 77.3 cm³/mol. The van der Waals surface area contributed by atoms with E-state index in [0.717, 1.165) is 18.0 Å². The summed E-state index contributed by atoms with van der Waals surface area (Å²) in [5.41, 5.74) is 7.87. The summed E-state index contributed by atoms with van der Waals surface area (Å²) in [5, 5.41) is 0. The summed E-state index contributed by atoms with van der Waals surface area (Å²) in [6.07, 6.45) is 0.427. The third kappa shape index (κ3) is 2.54. The zero-order valence-electron chi connectivity index (χ0n) is 11.0. The highest BCUT2D eigenvalue weighted by atomic mass is 32.2. The largest absolute Gasteiger partial charge is 0.330 e. The minimum absolute atomic E-state index is 0.146. The fraction of sp³-hybridized carbons (Fsp3) is 0.500. The number of amides is 1. The SMILES string of the molecule is CC(C)c1cccc2c1N(C(=O)CCN)CCS2. The van der Waals surface area contributed by atoms with Crippen molar-refractivity contribution in [3.8, 4) is 0 Å². The van der Waals surface area contributed by atoms with Crippen LogP contribution in [0.15, 0.2) is 23.1 Å². The number of para-hydroxylation sites is 1. The number of rotatable bonds is 3. The molecule has 1 aliphatic rings. The molecule has 18 heavy (non-hydrogen) atoms. The van der Waals surface area contributed by atoms with E-state index in [4.69, 9.17) is 5.73 Å². The highest BCUT2D eigenvalue weighted by Crippen LogP contribution is 2.40. The van der Waals surface area contributed by atoms with Gasteiger partial charge in [0.15, 0.2) is 0 Å². The smallest absolute Gasteiger partial charge is 0.228 e. The Morgan fingerprint density at radius 3 is 2.94 bits per heavy atom. The van der Waals surface area contributed by atoms with Crippen LogP contribution < -0.4 is 10.6 Å². The second-order valence-electron chi connectivity index (χ2n) is 4.78. The molecule has 1 aromatic carbocycles. The van der Waals surface area contributed by atoms with Crippen LogP contribution >= 0.6 is 11.8 Å². The molecule has 0 atom stereocenters. The molecule has 0 spiro atoms. The van der Waals surface area contributed by atoms with Crippen LogP contribution in [0.4, 0.5) is 5.69 Å². The van der Waals surface area contributed by atoms with Crippen LogP contribution in [-0.4, -0.2) is 24.7 Å². The van der Waals surface area contributed by atoms with Gasteiger partial charge in [-0.15, -0.1) is 11.8 Å². The first kappa shape index (κ1) is 13.4. The number of nitrogens with zero attached hydrogens (tertiary/aromatic N) is 1. The molecule has 0 bridgehead atoms. The highest BCUT2D eigenvalue weighted by molar-refractivity contribution is 7.99. The second-order valence-corrected chi connectivity index (χ2v) is 5.92. The third-order valence-corrected chi connectivity index (χ3v) is 4.18. The van der Waals surface area contributed by atoms with Gasteiger partial charge in [0.25, 0.3) is 0 Å². The van der Waals surface area contributed by atoms with E-state index in [1.165, 1.54) is 10.5 Å². The monoisotopic (exact) mass is 264 g/mol. The molecule has 0 fully saturated rings. The molecule has 0 radical (unpaired) electrons. The minimum atomic E-state index is 0.146. The lowest BCUT2D eigenvalue weighted by molar-refractivity contribution is -0.118. The Bertz CT molecular complexity index is 445. The van der Waals surface area contributed by atoms with Crippen molar-refractivity contribution in [3.63, 3.8) is 0 Å². The van der Waals surface area contributed by atoms with Crippen LogP contribution in [0, 0.1) is 0 Å². The molecule has 0 saturated heterocycles. The number of hydrogen-bond acceptors (Lipinski definition) is 3. The van der Waals surface area contributed by atoms with E-state index in [9.17, 15) is 4.79 Å². The zero-order chi connectivity index (χ0) is 13.1. The summed E-state index contributed by atoms with van der Waals surface area (Å²) < 4.78 is 0. The fourth-order valence-corrected chi connectivity index (χ4v) is 3.31. The molecule has 3 nitrogen and oxygen atoms in total. The molecule has 98 valence electrons. The topological polar surface area (TPSA) is 46.3 Å². The van der Waals surface area contributed by atoms with Gasteiger partial charge in [-0.1, -0.05) is 26.0 Å². The number of fused-ring (bicyclic) bond motifs is 1. The lowest BCUT2D eigenvalue weighted by Crippen LogP contribution is -2.37. The molecule has 2 N–H and O–H groups in total. The maximum absolute atomic E-state index is 12.2. The van der Waals surface area contributed by atoms with Crippen molar-refractivity contribution in [1.29, 1.82) is 0 Å². The first-order valence-electron chi connectivity index (χ1n) is 6.41. The van der Waals surface area contributed by atoms with Crippen molar-refractivity contribution < 1.29 is 4.79 Å². The molecule has 0 aromatic heterocycles. The Morgan fingerprint density at radius 2 is 2.28 bits per heavy atom. The normalized spacial score (nSPS) is 14.8. The molecule has 0 unspecified atom stereocenters. The summed E-state index contributed by atoms with van der Waals surface area (Å²) in [6, 6.07) is 6.31. The number of anilines is 1. The van der Waals surface area contributed by atoms with Gasteiger partial charge < -0.3 is 10.6 Å². The molecule has 2 rings (SSSR count). The van der Waals surface area contributed by atoms with E-state index in [2.05, 4.69) is 32.0 Å². The van der Waals surface area contributed by atoms with Crippen LogP contribution in [-0.2, 0) is 4.79 Å². The summed E-state index contributed by atoms with van der Waals surface area (Å²) in [5.74, 6) is 1.53. The Labute approximate surface area is 113 Å². The third-order valence-electron chi connectivity index (χ3n) is 3.15. The number of nitrogens with two attached hydrogens (primary N) is 1. The number of carbonyl (C=O) groups is 1. The van der Waals surface area contributed by atoms with E-state index in [-0.39, 0.29) is 5.91 Å². The zero-order valence-corrected chi connectivity index (χ0v) is 11.8. The molecule has 0 aliphatic carbocycles. The quantitative estimate of drug-likeness (QED) is 0.912. The van der Waals surface area contributed by atoms with Gasteiger partial charge in [0.2, 0.25) is 5.91 Å². The first-order valence-corrected chi connectivity index (χ1v) is 7.40. The molecule has 4 heteroatoms. The Hall–Kier alpha value is -1.000. The average molecular weight is 264 g/mol. The van der Waals surface area contributed by atoms with E-state index in [1.54, 1.807) is 0 Å². The van der Waals surface area contributed by atoms with E-state index in [0.29, 0.717) is 18.9 Å². The van der Waals surface area contributed by atoms with E-state index >= 15 is 0 Å². The number of thioether (sulfide) groups is 1. The summed E-state index contributed by atoms with van der Waals surface area (Å²) in [4.78, 5) is 15.3. The molecular weight excluding hydrogens is 244 g/mol. The molecule has 1 aliphatic heterocycles. The lowest BCUT2D eigenvalue weighted by atomic mass is 10.00. The second kappa shape index (κ2) is 5.76. The molecule has 1 heterocycles. The molecular formula is C14H20N2OS. The van der Waals surface area contributed by atoms with Gasteiger partial charge in [-0.25, -0.2) is 0 Å². The maximum atomic E-state index is 12.2. The van der Waals surface area contributed by atoms with Crippen molar-refractivity contribution >= 4 is 23.4 Å². The van der Waals surface area contributed by atoms with Crippen LogP contribution in [0.2, 0.25) is 0 Å². The number of carbonyl (C=O) groups excluding carboxylic acids is 1. The van der Waals surface area contributed by atoms with Gasteiger partial charge in [0, 0.05) is 30.2 Å². The number of benzene rings is 1. The predicted octanol–water partition coefficient (Wildman–Crippen LogP) is 2.60. The van der Waals surface area contributed by atoms with Crippen molar-refractivity contribution in [3.05, 3.63) is 23.8 Å². The molecule has 1 aromatic rings. The summed E-state index contributed by atoms with van der Waals surface area (Å²) in [7, 11) is 0. The van der Waals surface area contributed by atoms with Crippen LogP contribution in [0.25, 0.3) is 0 Å². The van der Waals surface area contributed by atoms with Gasteiger partial charge in [-0.2, -0.15) is 0 Å². The highest BCUT2D eigenvalue weighted by Gasteiger charge is 2.25. The maximum Gasteiger partial charge on any atom is 0.228 e. The van der Waals surface area contributed by atoms with Crippen molar-refractivity contribution in [2.45, 2.75) is 31.1 Å². The fourth-order valence-electron chi connectivity index (χ4n) is 2.28. The molecule has 1 amide bonds. The Morgan fingerprint density at radius 1 is 1.50 bits per heavy atom. The Kier molecular flexibility index (Phi) is 4.30. The van der Waals surface area contributed by atoms with Crippen molar-refractivity contribution in [2.24, 2.45) is 5.73 Å². The van der Waals surface area contributed by atoms with Gasteiger partial charge >= 0.3 is 0 Å². The van der Waals surface area contributed by atoms with Gasteiger partial charge in [-0.3, -0.25) is 4.79 Å². The van der Waals surface area contributed by atoms with Crippen LogP contribution in [0.1, 0.15) is 31.7 Å². The Balaban J connectivity index is 2.43. The van der Waals surface area contributed by atoms with Crippen molar-refractivity contribution in [2.75, 3.05) is 23.7 Å². The van der Waals surface area contributed by atoms with E-state index in [1.807, 2.05) is 16.7 Å². The van der Waals surface area contributed by atoms with Crippen LogP contribution in [0.5, 0.6) is 0 Å². The van der Waals surface area contributed by atoms with E-state index < -0.39 is 0 Å². The first-order chi connectivity index (χ1) is 8.65. The van der Waals surface area contributed by atoms with Gasteiger partial charge in [0.05, 0.1) is 5.69 Å².